The Morgan fingerprint density at radius 2 is 0.797 bits per heavy atom. The summed E-state index contributed by atoms with van der Waals surface area (Å²) < 4.78 is 5.92. The molecule has 0 radical (unpaired) electrons. The first-order valence-electron chi connectivity index (χ1n) is 27.9. The van der Waals surface area contributed by atoms with Crippen LogP contribution in [0.15, 0.2) is 48.6 Å². The van der Waals surface area contributed by atoms with Crippen LogP contribution in [0.2, 0.25) is 0 Å². The highest BCUT2D eigenvalue weighted by molar-refractivity contribution is 5.77. The van der Waals surface area contributed by atoms with Crippen molar-refractivity contribution in [3.8, 4) is 0 Å². The van der Waals surface area contributed by atoms with E-state index in [1.807, 2.05) is 0 Å². The molecule has 0 rings (SSSR count). The molecule has 0 aliphatic heterocycles. The van der Waals surface area contributed by atoms with Gasteiger partial charge >= 0.3 is 5.97 Å². The minimum atomic E-state index is -0.802. The van der Waals surface area contributed by atoms with Gasteiger partial charge in [-0.1, -0.05) is 249 Å². The maximum absolute atomic E-state index is 13.2. The molecule has 3 atom stereocenters. The number of hydrogen-bond acceptors (Lipinski definition) is 5. The second kappa shape index (κ2) is 51.8. The smallest absolute Gasteiger partial charge is 0.306 e. The van der Waals surface area contributed by atoms with Gasteiger partial charge in [-0.15, -0.1) is 0 Å². The lowest BCUT2D eigenvalue weighted by molar-refractivity contribution is -0.151. The van der Waals surface area contributed by atoms with Crippen LogP contribution in [0.25, 0.3) is 0 Å². The Morgan fingerprint density at radius 3 is 1.22 bits per heavy atom. The Morgan fingerprint density at radius 1 is 0.453 bits per heavy atom. The summed E-state index contributed by atoms with van der Waals surface area (Å²) >= 11 is 0. The third-order valence-corrected chi connectivity index (χ3v) is 12.7. The summed E-state index contributed by atoms with van der Waals surface area (Å²) in [7, 11) is 0. The Bertz CT molecular complexity index is 1100. The standard InChI is InChI=1S/C58H107NO5/c1-4-7-10-13-16-19-22-25-28-30-32-35-38-41-44-47-50-56(61)55(53-60)59-57(62)52-54(49-46-43-40-37-34-31-27-24-21-18-15-12-9-6-3)64-58(63)51-48-45-42-39-36-33-29-26-23-20-17-14-11-8-5-2/h17,20,23,26,31,34,37,40,54-56,60-61H,4-16,18-19,21-22,24-25,27-30,32-33,35-36,38-39,41-53H2,1-3H3,(H,59,62)/b20-17+,26-23+,34-31+,40-37+. The van der Waals surface area contributed by atoms with E-state index in [9.17, 15) is 19.8 Å². The van der Waals surface area contributed by atoms with Crippen LogP contribution >= 0.6 is 0 Å². The molecule has 0 saturated heterocycles. The van der Waals surface area contributed by atoms with Crippen molar-refractivity contribution in [3.05, 3.63) is 48.6 Å². The average Bonchev–Trinajstić information content (AvgIpc) is 3.29. The van der Waals surface area contributed by atoms with Gasteiger partial charge in [-0.05, 0) is 70.6 Å². The van der Waals surface area contributed by atoms with E-state index in [1.165, 1.54) is 173 Å². The molecule has 3 N–H and O–H groups in total. The normalized spacial score (nSPS) is 13.5. The monoisotopic (exact) mass is 898 g/mol. The second-order valence-corrected chi connectivity index (χ2v) is 19.0. The summed E-state index contributed by atoms with van der Waals surface area (Å²) in [5.41, 5.74) is 0. The Hall–Kier alpha value is -2.18. The molecule has 3 unspecified atom stereocenters. The van der Waals surface area contributed by atoms with Crippen molar-refractivity contribution in [1.29, 1.82) is 0 Å². The number of carbonyl (C=O) groups is 2. The largest absolute Gasteiger partial charge is 0.462 e. The minimum Gasteiger partial charge on any atom is -0.462 e. The predicted octanol–water partition coefficient (Wildman–Crippen LogP) is 17.0. The highest BCUT2D eigenvalue weighted by atomic mass is 16.5. The molecule has 0 bridgehead atoms. The lowest BCUT2D eigenvalue weighted by atomic mass is 10.0. The Balaban J connectivity index is 4.60. The van der Waals surface area contributed by atoms with Gasteiger partial charge in [0.2, 0.25) is 5.91 Å². The number of nitrogens with one attached hydrogen (secondary N) is 1. The summed E-state index contributed by atoms with van der Waals surface area (Å²) in [5.74, 6) is -0.527. The van der Waals surface area contributed by atoms with Crippen LogP contribution in [0, 0.1) is 0 Å². The van der Waals surface area contributed by atoms with E-state index < -0.39 is 18.2 Å². The zero-order valence-corrected chi connectivity index (χ0v) is 42.7. The molecule has 6 heteroatoms. The summed E-state index contributed by atoms with van der Waals surface area (Å²) in [6, 6.07) is -0.718. The van der Waals surface area contributed by atoms with Crippen LogP contribution in [0.5, 0.6) is 0 Å². The highest BCUT2D eigenvalue weighted by Gasteiger charge is 2.24. The Kier molecular flexibility index (Phi) is 50.0. The van der Waals surface area contributed by atoms with Crippen molar-refractivity contribution in [2.45, 2.75) is 302 Å². The number of amides is 1. The third-order valence-electron chi connectivity index (χ3n) is 12.7. The molecule has 0 spiro atoms. The van der Waals surface area contributed by atoms with Crippen molar-refractivity contribution in [3.63, 3.8) is 0 Å². The van der Waals surface area contributed by atoms with E-state index in [4.69, 9.17) is 4.74 Å². The summed E-state index contributed by atoms with van der Waals surface area (Å²) in [6.45, 7) is 6.45. The van der Waals surface area contributed by atoms with Gasteiger partial charge in [0, 0.05) is 6.42 Å². The van der Waals surface area contributed by atoms with Gasteiger partial charge < -0.3 is 20.3 Å². The van der Waals surface area contributed by atoms with Crippen molar-refractivity contribution in [2.75, 3.05) is 6.61 Å². The summed E-state index contributed by atoms with van der Waals surface area (Å²) in [6.07, 6.45) is 63.2. The molecule has 0 fully saturated rings. The number of aliphatic hydroxyl groups is 2. The first kappa shape index (κ1) is 61.8. The van der Waals surface area contributed by atoms with Crippen LogP contribution in [0.3, 0.4) is 0 Å². The quantitative estimate of drug-likeness (QED) is 0.0321. The fourth-order valence-corrected chi connectivity index (χ4v) is 8.42. The molecule has 0 aliphatic carbocycles. The molecule has 0 aromatic carbocycles. The van der Waals surface area contributed by atoms with Crippen molar-refractivity contribution >= 4 is 11.9 Å². The zero-order chi connectivity index (χ0) is 46.7. The second-order valence-electron chi connectivity index (χ2n) is 19.0. The molecule has 374 valence electrons. The maximum atomic E-state index is 13.2. The lowest BCUT2D eigenvalue weighted by Crippen LogP contribution is -2.46. The molecule has 0 aromatic heterocycles. The molecule has 0 saturated carbocycles. The van der Waals surface area contributed by atoms with E-state index in [-0.39, 0.29) is 24.9 Å². The van der Waals surface area contributed by atoms with Gasteiger partial charge in [-0.3, -0.25) is 9.59 Å². The van der Waals surface area contributed by atoms with E-state index >= 15 is 0 Å². The van der Waals surface area contributed by atoms with Gasteiger partial charge in [-0.25, -0.2) is 0 Å². The molecule has 0 aliphatic rings. The molecule has 0 aromatic rings. The molecular formula is C58H107NO5. The maximum Gasteiger partial charge on any atom is 0.306 e. The number of hydrogen-bond donors (Lipinski definition) is 3. The first-order valence-corrected chi connectivity index (χ1v) is 27.9. The van der Waals surface area contributed by atoms with Crippen LogP contribution < -0.4 is 5.32 Å². The minimum absolute atomic E-state index is 0.0408. The highest BCUT2D eigenvalue weighted by Crippen LogP contribution is 2.17. The van der Waals surface area contributed by atoms with Crippen molar-refractivity contribution in [2.24, 2.45) is 0 Å². The predicted molar refractivity (Wildman–Crippen MR) is 278 cm³/mol. The van der Waals surface area contributed by atoms with E-state index in [0.29, 0.717) is 19.3 Å². The van der Waals surface area contributed by atoms with Crippen molar-refractivity contribution in [1.82, 2.24) is 5.32 Å². The number of esters is 1. The van der Waals surface area contributed by atoms with Gasteiger partial charge in [-0.2, -0.15) is 0 Å². The lowest BCUT2D eigenvalue weighted by Gasteiger charge is -2.24. The molecule has 1 amide bonds. The van der Waals surface area contributed by atoms with E-state index in [2.05, 4.69) is 74.7 Å². The molecule has 0 heterocycles. The fourth-order valence-electron chi connectivity index (χ4n) is 8.42. The molecular weight excluding hydrogens is 791 g/mol. The molecule has 64 heavy (non-hydrogen) atoms. The summed E-state index contributed by atoms with van der Waals surface area (Å²) in [4.78, 5) is 26.2. The van der Waals surface area contributed by atoms with Gasteiger partial charge in [0.25, 0.3) is 0 Å². The van der Waals surface area contributed by atoms with Gasteiger partial charge in [0.15, 0.2) is 0 Å². The van der Waals surface area contributed by atoms with Crippen LogP contribution in [-0.4, -0.2) is 46.9 Å². The van der Waals surface area contributed by atoms with Crippen LogP contribution in [0.1, 0.15) is 284 Å². The Labute approximate surface area is 397 Å². The first-order chi connectivity index (χ1) is 31.5. The number of unbranched alkanes of at least 4 members (excludes halogenated alkanes) is 32. The van der Waals surface area contributed by atoms with Gasteiger partial charge in [0.05, 0.1) is 25.2 Å². The topological polar surface area (TPSA) is 95.9 Å². The van der Waals surface area contributed by atoms with Crippen LogP contribution in [-0.2, 0) is 14.3 Å². The average molecular weight is 898 g/mol. The number of aliphatic hydroxyl groups excluding tert-OH is 2. The van der Waals surface area contributed by atoms with Crippen molar-refractivity contribution < 1.29 is 24.5 Å². The zero-order valence-electron chi connectivity index (χ0n) is 42.7. The van der Waals surface area contributed by atoms with Crippen LogP contribution in [0.4, 0.5) is 0 Å². The third kappa shape index (κ3) is 46.4. The number of ether oxygens (including phenoxy) is 1. The van der Waals surface area contributed by atoms with E-state index in [1.54, 1.807) is 0 Å². The number of carbonyl (C=O) groups excluding carboxylic acids is 2. The number of rotatable bonds is 50. The SMILES string of the molecule is CCCCC/C=C/C=C/CCCCCCCCC(=O)OC(CCC/C=C/C=C/CCCCCCCCC)CC(=O)NC(CO)C(O)CCCCCCCCCCCCCCCCCC. The van der Waals surface area contributed by atoms with E-state index in [0.717, 1.165) is 64.2 Å². The van der Waals surface area contributed by atoms with Gasteiger partial charge in [0.1, 0.15) is 6.10 Å². The number of allylic oxidation sites excluding steroid dienone is 8. The fraction of sp³-hybridized carbons (Fsp3) is 0.828. The summed E-state index contributed by atoms with van der Waals surface area (Å²) in [5, 5.41) is 23.8. The molecule has 6 nitrogen and oxygen atoms in total.